The first-order valence-electron chi connectivity index (χ1n) is 0.730. The zero-order valence-electron chi connectivity index (χ0n) is 2.62. The van der Waals surface area contributed by atoms with Gasteiger partial charge in [-0.1, -0.05) is 0 Å². The maximum atomic E-state index is 9.22. The molecule has 0 aliphatic carbocycles. The van der Waals surface area contributed by atoms with Gasteiger partial charge in [0.05, 0.1) is 0 Å². The van der Waals surface area contributed by atoms with Crippen molar-refractivity contribution < 1.29 is 10.2 Å². The zero-order chi connectivity index (χ0) is 4.12. The van der Waals surface area contributed by atoms with Crippen LogP contribution < -0.4 is 0 Å². The SMILES string of the molecule is O=[As]O[As]=O.S. The molecular formula is H2As2O3S. The monoisotopic (exact) mass is 232 g/mol. The molecule has 0 unspecified atom stereocenters. The molecule has 0 bridgehead atoms. The third kappa shape index (κ3) is 8.90. The Hall–Kier alpha value is 1.03. The molecule has 6 heteroatoms. The summed E-state index contributed by atoms with van der Waals surface area (Å²) in [4.78, 5) is 0. The minimum Gasteiger partial charge on any atom is -0.197 e. The maximum Gasteiger partial charge on any atom is -0.197 e. The van der Waals surface area contributed by atoms with E-state index in [4.69, 9.17) is 0 Å². The van der Waals surface area contributed by atoms with E-state index in [1.165, 1.54) is 0 Å². The Morgan fingerprint density at radius 2 is 1.50 bits per heavy atom. The average Bonchev–Trinajstić information content (AvgIpc) is 1.41. The third-order valence-corrected chi connectivity index (χ3v) is 1.80. The van der Waals surface area contributed by atoms with E-state index < -0.39 is 32.1 Å². The van der Waals surface area contributed by atoms with E-state index in [0.29, 0.717) is 0 Å². The molecule has 0 aromatic carbocycles. The molecule has 0 spiro atoms. The van der Waals surface area contributed by atoms with Crippen molar-refractivity contribution in [1.82, 2.24) is 0 Å². The van der Waals surface area contributed by atoms with Crippen LogP contribution in [0.25, 0.3) is 0 Å². The van der Waals surface area contributed by atoms with Crippen molar-refractivity contribution in [3.8, 4) is 0 Å². The van der Waals surface area contributed by atoms with Gasteiger partial charge in [0, 0.05) is 0 Å². The molecule has 0 amide bonds. The van der Waals surface area contributed by atoms with Gasteiger partial charge in [-0.2, -0.15) is 13.5 Å². The van der Waals surface area contributed by atoms with Crippen molar-refractivity contribution in [3.63, 3.8) is 0 Å². The van der Waals surface area contributed by atoms with Gasteiger partial charge in [0.25, 0.3) is 0 Å². The Morgan fingerprint density at radius 1 is 1.17 bits per heavy atom. The molecule has 0 fully saturated rings. The molecule has 0 aliphatic rings. The molecule has 0 heterocycles. The fourth-order valence-corrected chi connectivity index (χ4v) is 0.367. The molecule has 0 saturated heterocycles. The van der Waals surface area contributed by atoms with Crippen molar-refractivity contribution in [2.45, 2.75) is 0 Å². The number of hydrogen-bond acceptors (Lipinski definition) is 3. The van der Waals surface area contributed by atoms with Crippen molar-refractivity contribution in [2.75, 3.05) is 0 Å². The van der Waals surface area contributed by atoms with Gasteiger partial charge in [0.2, 0.25) is 0 Å². The number of rotatable bonds is 2. The summed E-state index contributed by atoms with van der Waals surface area (Å²) in [7, 11) is 0. The Bertz CT molecular complexity index is 38.1. The molecule has 3 nitrogen and oxygen atoms in total. The van der Waals surface area contributed by atoms with Crippen molar-refractivity contribution in [2.24, 2.45) is 0 Å². The van der Waals surface area contributed by atoms with Gasteiger partial charge in [-0.05, 0) is 0 Å². The first-order chi connectivity index (χ1) is 2.41. The van der Waals surface area contributed by atoms with E-state index in [0.717, 1.165) is 0 Å². The van der Waals surface area contributed by atoms with Gasteiger partial charge >= 0.3 is 42.3 Å². The zero-order valence-corrected chi connectivity index (χ0v) is 7.37. The molecule has 6 heavy (non-hydrogen) atoms. The summed E-state index contributed by atoms with van der Waals surface area (Å²) in [6.45, 7) is 0. The fourth-order valence-electron chi connectivity index (χ4n) is 0.0136. The van der Waals surface area contributed by atoms with Gasteiger partial charge in [-0.15, -0.1) is 0 Å². The van der Waals surface area contributed by atoms with Crippen LogP contribution in [-0.4, -0.2) is 32.1 Å². The fraction of sp³-hybridized carbons (Fsp3) is 0. The summed E-state index contributed by atoms with van der Waals surface area (Å²) >= 11 is -2.61. The minimum absolute atomic E-state index is 0. The van der Waals surface area contributed by atoms with Crippen LogP contribution in [0.5, 0.6) is 0 Å². The van der Waals surface area contributed by atoms with Crippen LogP contribution in [0.1, 0.15) is 0 Å². The van der Waals surface area contributed by atoms with Crippen molar-refractivity contribution >= 4 is 45.6 Å². The van der Waals surface area contributed by atoms with Crippen LogP contribution in [-0.2, 0) is 10.2 Å². The summed E-state index contributed by atoms with van der Waals surface area (Å²) in [5.74, 6) is 0. The van der Waals surface area contributed by atoms with Crippen molar-refractivity contribution in [3.05, 3.63) is 0 Å². The minimum atomic E-state index is -1.30. The van der Waals surface area contributed by atoms with E-state index in [9.17, 15) is 7.48 Å². The van der Waals surface area contributed by atoms with E-state index >= 15 is 0 Å². The van der Waals surface area contributed by atoms with Crippen LogP contribution in [0.15, 0.2) is 0 Å². The molecule has 0 aliphatic heterocycles. The predicted molar refractivity (Wildman–Crippen MR) is 24.3 cm³/mol. The van der Waals surface area contributed by atoms with Gasteiger partial charge in [-0.3, -0.25) is 0 Å². The largest absolute Gasteiger partial charge is 0.197 e. The van der Waals surface area contributed by atoms with Gasteiger partial charge in [-0.25, -0.2) is 0 Å². The Labute approximate surface area is 55.8 Å². The second-order valence-corrected chi connectivity index (χ2v) is 2.98. The summed E-state index contributed by atoms with van der Waals surface area (Å²) in [6, 6.07) is 0. The summed E-state index contributed by atoms with van der Waals surface area (Å²) < 4.78 is 22.4. The van der Waals surface area contributed by atoms with E-state index in [-0.39, 0.29) is 13.5 Å². The van der Waals surface area contributed by atoms with E-state index in [2.05, 4.69) is 2.72 Å². The van der Waals surface area contributed by atoms with Crippen LogP contribution in [0.4, 0.5) is 0 Å². The van der Waals surface area contributed by atoms with Crippen LogP contribution in [0.2, 0.25) is 0 Å². The Balaban J connectivity index is 0. The second-order valence-electron chi connectivity index (χ2n) is 0.231. The average molecular weight is 232 g/mol. The van der Waals surface area contributed by atoms with Crippen molar-refractivity contribution in [1.29, 1.82) is 0 Å². The molecule has 0 N–H and O–H groups in total. The molecule has 0 atom stereocenters. The summed E-state index contributed by atoms with van der Waals surface area (Å²) in [5, 5.41) is 0. The maximum absolute atomic E-state index is 9.22. The second kappa shape index (κ2) is 9.39. The van der Waals surface area contributed by atoms with Crippen LogP contribution in [0.3, 0.4) is 0 Å². The quantitative estimate of drug-likeness (QED) is 0.576. The molecule has 0 saturated carbocycles. The predicted octanol–water partition coefficient (Wildman–Crippen LogP) is -0.955. The Kier molecular flexibility index (Phi) is 15.8. The smallest absolute Gasteiger partial charge is 0.197 e. The van der Waals surface area contributed by atoms with Gasteiger partial charge < -0.3 is 0 Å². The summed E-state index contributed by atoms with van der Waals surface area (Å²) in [5.41, 5.74) is 0. The number of hydrogen-bond donors (Lipinski definition) is 0. The van der Waals surface area contributed by atoms with E-state index in [1.54, 1.807) is 0 Å². The molecule has 0 aromatic rings. The third-order valence-electron chi connectivity index (χ3n) is 0.0667. The molecule has 0 aromatic heterocycles. The molecule has 0 rings (SSSR count). The van der Waals surface area contributed by atoms with Crippen LogP contribution >= 0.6 is 13.5 Å². The van der Waals surface area contributed by atoms with Crippen LogP contribution in [0, 0.1) is 0 Å². The van der Waals surface area contributed by atoms with Gasteiger partial charge in [0.1, 0.15) is 0 Å². The molecule has 36 valence electrons. The van der Waals surface area contributed by atoms with E-state index in [1.807, 2.05) is 0 Å². The van der Waals surface area contributed by atoms with Gasteiger partial charge in [0.15, 0.2) is 0 Å². The first-order valence-corrected chi connectivity index (χ1v) is 3.79. The topological polar surface area (TPSA) is 43.4 Å². The Morgan fingerprint density at radius 3 is 1.50 bits per heavy atom. The standard InChI is InChI=1S/As2O3.H2S/c3-1-5-2-4;/h;1H2. The molecule has 0 radical (unpaired) electrons. The first kappa shape index (κ1) is 10.1. The molecular weight excluding hydrogens is 230 g/mol. The summed E-state index contributed by atoms with van der Waals surface area (Å²) in [6.07, 6.45) is 0. The normalized spacial score (nSPS) is 8.00.